The van der Waals surface area contributed by atoms with Gasteiger partial charge in [0.1, 0.15) is 39.3 Å². The van der Waals surface area contributed by atoms with Crippen molar-refractivity contribution in [2.75, 3.05) is 0 Å². The van der Waals surface area contributed by atoms with E-state index in [1.54, 1.807) is 0 Å². The highest BCUT2D eigenvalue weighted by molar-refractivity contribution is 6.29. The van der Waals surface area contributed by atoms with Gasteiger partial charge in [-0.25, -0.2) is 19.9 Å². The summed E-state index contributed by atoms with van der Waals surface area (Å²) in [6.07, 6.45) is 0. The summed E-state index contributed by atoms with van der Waals surface area (Å²) in [6, 6.07) is 99.3. The number of aromatic nitrogens is 4. The lowest BCUT2D eigenvalue weighted by atomic mass is 9.98. The van der Waals surface area contributed by atoms with Gasteiger partial charge >= 0.3 is 7.69 Å². The van der Waals surface area contributed by atoms with Crippen molar-refractivity contribution in [1.82, 2.24) is 19.9 Å². The van der Waals surface area contributed by atoms with Gasteiger partial charge in [0.2, 0.25) is 5.28 Å². The average Bonchev–Trinajstić information content (AvgIpc) is 3.34. The number of rotatable bonds is 9. The molecule has 0 saturated heterocycles. The van der Waals surface area contributed by atoms with Crippen LogP contribution in [0, 0.1) is 0 Å². The van der Waals surface area contributed by atoms with Crippen LogP contribution < -0.4 is 4.65 Å². The van der Waals surface area contributed by atoms with Crippen molar-refractivity contribution in [2.45, 2.75) is 0 Å². The Morgan fingerprint density at radius 1 is 0.314 bits per heavy atom. The third-order valence-corrected chi connectivity index (χ3v) is 15.5. The van der Waals surface area contributed by atoms with Gasteiger partial charge in [-0.2, -0.15) is 0 Å². The van der Waals surface area contributed by atoms with Crippen molar-refractivity contribution in [3.8, 4) is 84.2 Å². The summed E-state index contributed by atoms with van der Waals surface area (Å²) in [4.78, 5) is 18.6. The second-order valence-corrected chi connectivity index (χ2v) is 21.0. The molecular formula is C76H49BClN4O4. The van der Waals surface area contributed by atoms with Crippen molar-refractivity contribution in [1.29, 1.82) is 0 Å². The number of hydrogen-bond donors (Lipinski definition) is 1. The molecule has 16 aromatic rings. The molecule has 0 atom stereocenters. The minimum Gasteiger partial charge on any atom is -0.537 e. The number of furan rings is 2. The van der Waals surface area contributed by atoms with Crippen molar-refractivity contribution in [2.24, 2.45) is 0 Å². The maximum Gasteiger partial charge on any atom is 0.569 e. The molecule has 12 aromatic carbocycles. The maximum absolute atomic E-state index is 8.66. The van der Waals surface area contributed by atoms with E-state index < -0.39 is 0 Å². The molecule has 0 unspecified atom stereocenters. The smallest absolute Gasteiger partial charge is 0.537 e. The van der Waals surface area contributed by atoms with Crippen LogP contribution in [0.4, 0.5) is 0 Å². The van der Waals surface area contributed by atoms with E-state index >= 15 is 0 Å². The van der Waals surface area contributed by atoms with Crippen molar-refractivity contribution >= 4 is 85.0 Å². The molecule has 0 aliphatic heterocycles. The van der Waals surface area contributed by atoms with Crippen LogP contribution in [0.2, 0.25) is 5.28 Å². The first-order valence-electron chi connectivity index (χ1n) is 28.1. The second kappa shape index (κ2) is 23.7. The van der Waals surface area contributed by atoms with Crippen LogP contribution in [-0.4, -0.2) is 32.6 Å². The predicted molar refractivity (Wildman–Crippen MR) is 352 cm³/mol. The number of para-hydroxylation sites is 2. The van der Waals surface area contributed by atoms with Crippen LogP contribution in [0.25, 0.3) is 144 Å². The topological polar surface area (TPSA) is 107 Å². The fraction of sp³-hybridized carbons (Fsp3) is 0. The predicted octanol–water partition coefficient (Wildman–Crippen LogP) is 20.0. The molecule has 4 heterocycles. The standard InChI is InChI=1S/C38H24N2O.C22H16BO2.C16H9ClN2O/c1-2-9-29(10-3-1)35-37-36(33-12-6-7-13-34(33)41-37)40-38(39-35)30-21-18-27(19-22-30)26-14-16-28(17-15-26)32-23-20-25-8-4-5-11-31(25)24-32;24-23-25-22-13-11-18(12-14-22)17-5-7-19(8-6-17)21-10-9-16-3-1-2-4-20(16)15-21;17-16-18-13(10-6-2-1-3-7-10)15-14(19-16)11-8-4-5-9-12(11)20-15/h1-24H;1-15,24H;1-9H. The molecule has 86 heavy (non-hydrogen) atoms. The lowest BCUT2D eigenvalue weighted by Gasteiger charge is -2.08. The molecule has 8 nitrogen and oxygen atoms in total. The number of nitrogens with zero attached hydrogens (tertiary/aromatic N) is 4. The molecule has 0 fully saturated rings. The summed E-state index contributed by atoms with van der Waals surface area (Å²) in [5.74, 6) is 1.29. The van der Waals surface area contributed by atoms with E-state index in [-0.39, 0.29) is 5.28 Å². The number of fused-ring (bicyclic) bond motifs is 8. The van der Waals surface area contributed by atoms with Gasteiger partial charge in [-0.15, -0.1) is 0 Å². The maximum atomic E-state index is 8.66. The minimum atomic E-state index is 0.225. The Bertz CT molecular complexity index is 5060. The summed E-state index contributed by atoms with van der Waals surface area (Å²) in [5.41, 5.74) is 18.4. The number of halogens is 1. The summed E-state index contributed by atoms with van der Waals surface area (Å²) in [5, 5.41) is 15.8. The van der Waals surface area contributed by atoms with Gasteiger partial charge < -0.3 is 18.5 Å². The highest BCUT2D eigenvalue weighted by Gasteiger charge is 2.19. The first-order valence-corrected chi connectivity index (χ1v) is 28.5. The van der Waals surface area contributed by atoms with Gasteiger partial charge in [0.15, 0.2) is 17.0 Å². The zero-order valence-electron chi connectivity index (χ0n) is 46.1. The lowest BCUT2D eigenvalue weighted by molar-refractivity contribution is 0.454. The molecule has 407 valence electrons. The van der Waals surface area contributed by atoms with Crippen molar-refractivity contribution in [3.05, 3.63) is 296 Å². The second-order valence-electron chi connectivity index (χ2n) is 20.6. The largest absolute Gasteiger partial charge is 0.569 e. The molecule has 0 bridgehead atoms. The average molecular weight is 1130 g/mol. The van der Waals surface area contributed by atoms with Gasteiger partial charge in [-0.3, -0.25) is 0 Å². The van der Waals surface area contributed by atoms with E-state index in [2.05, 4.69) is 186 Å². The normalized spacial score (nSPS) is 11.1. The van der Waals surface area contributed by atoms with Crippen LogP contribution in [0.15, 0.2) is 300 Å². The lowest BCUT2D eigenvalue weighted by Crippen LogP contribution is -1.99. The molecule has 4 aromatic heterocycles. The Hall–Kier alpha value is -11.0. The third kappa shape index (κ3) is 11.0. The molecule has 0 saturated carbocycles. The van der Waals surface area contributed by atoms with E-state index in [4.69, 9.17) is 40.1 Å². The van der Waals surface area contributed by atoms with Crippen LogP contribution in [0.1, 0.15) is 0 Å². The Morgan fingerprint density at radius 3 is 1.14 bits per heavy atom. The van der Waals surface area contributed by atoms with E-state index in [9.17, 15) is 0 Å². The van der Waals surface area contributed by atoms with Crippen LogP contribution in [0.5, 0.6) is 5.75 Å². The Balaban J connectivity index is 0.000000124. The molecular weight excluding hydrogens is 1080 g/mol. The highest BCUT2D eigenvalue weighted by Crippen LogP contribution is 2.38. The highest BCUT2D eigenvalue weighted by atomic mass is 35.5. The minimum absolute atomic E-state index is 0.225. The first kappa shape index (κ1) is 53.1. The van der Waals surface area contributed by atoms with Gasteiger partial charge in [0.05, 0.1) is 0 Å². The molecule has 10 heteroatoms. The molecule has 0 amide bonds. The van der Waals surface area contributed by atoms with Crippen LogP contribution >= 0.6 is 11.6 Å². The van der Waals surface area contributed by atoms with Crippen LogP contribution in [0.3, 0.4) is 0 Å². The molecule has 0 aliphatic rings. The zero-order valence-corrected chi connectivity index (χ0v) is 46.9. The molecule has 0 aliphatic carbocycles. The molecule has 0 spiro atoms. The quantitative estimate of drug-likeness (QED) is 0.112. The fourth-order valence-electron chi connectivity index (χ4n) is 10.9. The summed E-state index contributed by atoms with van der Waals surface area (Å²) in [7, 11) is 0.688. The van der Waals surface area contributed by atoms with Gasteiger partial charge in [-0.05, 0) is 126 Å². The SMILES string of the molecule is Clc1nc(-c2ccccc2)c2oc3ccccc3c2n1.O[B]Oc1ccc(-c2ccc(-c3ccc4ccccc4c3)cc2)cc1.c1ccc(-c2nc(-c3ccc(-c4ccc(-c5ccc6ccccc6c5)cc4)cc3)nc3c2oc2ccccc23)cc1. The van der Waals surface area contributed by atoms with Gasteiger partial charge in [0.25, 0.3) is 0 Å². The summed E-state index contributed by atoms with van der Waals surface area (Å²) in [6.45, 7) is 0. The summed E-state index contributed by atoms with van der Waals surface area (Å²) >= 11 is 6.07. The van der Waals surface area contributed by atoms with E-state index in [1.165, 1.54) is 49.4 Å². The molecule has 16 rings (SSSR count). The van der Waals surface area contributed by atoms with Crippen molar-refractivity contribution < 1.29 is 18.5 Å². The van der Waals surface area contributed by atoms with Gasteiger partial charge in [0, 0.05) is 27.5 Å². The summed E-state index contributed by atoms with van der Waals surface area (Å²) < 4.78 is 17.1. The Morgan fingerprint density at radius 2 is 0.674 bits per heavy atom. The van der Waals surface area contributed by atoms with Gasteiger partial charge in [-0.1, -0.05) is 243 Å². The Kier molecular flexibility index (Phi) is 14.6. The third-order valence-electron chi connectivity index (χ3n) is 15.3. The monoisotopic (exact) mass is 1130 g/mol. The Labute approximate surface area is 501 Å². The van der Waals surface area contributed by atoms with E-state index in [1.807, 2.05) is 115 Å². The van der Waals surface area contributed by atoms with Crippen LogP contribution in [-0.2, 0) is 0 Å². The van der Waals surface area contributed by atoms with E-state index in [0.717, 1.165) is 77.7 Å². The first-order chi connectivity index (χ1) is 42.5. The zero-order chi connectivity index (χ0) is 57.8. The molecule has 1 radical (unpaired) electrons. The van der Waals surface area contributed by atoms with Crippen molar-refractivity contribution in [3.63, 3.8) is 0 Å². The number of benzene rings is 12. The fourth-order valence-corrected chi connectivity index (χ4v) is 11.1. The number of hydrogen-bond acceptors (Lipinski definition) is 8. The molecule has 1 N–H and O–H groups in total. The van der Waals surface area contributed by atoms with E-state index in [0.29, 0.717) is 30.4 Å².